The fraction of sp³-hybridized carbons (Fsp3) is 0.344. The van der Waals surface area contributed by atoms with Gasteiger partial charge in [0, 0.05) is 21.7 Å². The molecule has 14 aromatic carbocycles. The third-order valence-corrected chi connectivity index (χ3v) is 24.0. The largest absolute Gasteiger partial charge is 0.312 e. The van der Waals surface area contributed by atoms with Gasteiger partial charge in [0.25, 0.3) is 0 Å². The van der Waals surface area contributed by atoms with E-state index in [4.69, 9.17) is 0 Å². The number of nitrogens with zero attached hydrogens (tertiary/aromatic N) is 8. The highest BCUT2D eigenvalue weighted by molar-refractivity contribution is 6.06. The molecular formula is C122H154N8. The van der Waals surface area contributed by atoms with Crippen LogP contribution in [0.5, 0.6) is 0 Å². The summed E-state index contributed by atoms with van der Waals surface area (Å²) in [4.78, 5) is 16.0. The Labute approximate surface area is 786 Å². The van der Waals surface area contributed by atoms with Crippen LogP contribution < -0.4 is 0 Å². The lowest BCUT2D eigenvalue weighted by molar-refractivity contribution is 0.505. The van der Waals surface area contributed by atoms with Gasteiger partial charge in [0.05, 0.1) is 0 Å². The topological polar surface area (TPSA) is 25.9 Å². The molecule has 0 fully saturated rings. The van der Waals surface area contributed by atoms with E-state index in [1.807, 2.05) is 222 Å². The van der Waals surface area contributed by atoms with E-state index in [1.165, 1.54) is 200 Å². The molecule has 0 atom stereocenters. The lowest BCUT2D eigenvalue weighted by Crippen LogP contribution is -2.15. The average molecular weight is 1730 g/mol. The van der Waals surface area contributed by atoms with Crippen LogP contribution in [0.3, 0.4) is 0 Å². The summed E-state index contributed by atoms with van der Waals surface area (Å²) >= 11 is 0. The number of benzene rings is 14. The standard InChI is InChI=1S/2C29H22.2C19H16.8C3H9N.C2H6/c2*1-29(2)24-14-12-22-20-9-5-3-8-18(20)16-23(22)27(24)28-25(29)13-11-19-15-17-7-4-6-10-21(17)26(19)28;2*1-19(2)16-10-6-5-9-15(16)18-14-8-4-3-7-13(14)11-12-17(18)19;8*1-4(2)3;1-2/h2*3-14H,15-16H2,1-2H3;2*3-12H,1-2H3;8*1-3H3;1-2H3. The fourth-order valence-electron chi connectivity index (χ4n) is 19.3. The van der Waals surface area contributed by atoms with E-state index < -0.39 is 0 Å². The summed E-state index contributed by atoms with van der Waals surface area (Å²) in [5.74, 6) is 0. The maximum absolute atomic E-state index is 2.41. The van der Waals surface area contributed by atoms with Crippen molar-refractivity contribution in [2.24, 2.45) is 0 Å². The lowest BCUT2D eigenvalue weighted by Gasteiger charge is -2.22. The molecule has 22 rings (SSSR count). The molecule has 130 heavy (non-hydrogen) atoms. The van der Waals surface area contributed by atoms with Crippen molar-refractivity contribution in [3.63, 3.8) is 0 Å². The summed E-state index contributed by atoms with van der Waals surface area (Å²) in [6.07, 6.45) is 4.22. The molecular weight excluding hydrogens is 1580 g/mol. The predicted molar refractivity (Wildman–Crippen MR) is 572 cm³/mol. The first-order valence-electron chi connectivity index (χ1n) is 46.6. The molecule has 8 aliphatic carbocycles. The highest BCUT2D eigenvalue weighted by Gasteiger charge is 2.45. The van der Waals surface area contributed by atoms with Gasteiger partial charge < -0.3 is 39.2 Å². The Morgan fingerprint density at radius 3 is 0.685 bits per heavy atom. The quantitative estimate of drug-likeness (QED) is 0.148. The summed E-state index contributed by atoms with van der Waals surface area (Å²) < 4.78 is 0. The molecule has 0 bridgehead atoms. The van der Waals surface area contributed by atoms with Crippen molar-refractivity contribution in [3.05, 3.63) is 356 Å². The van der Waals surface area contributed by atoms with Gasteiger partial charge in [0.15, 0.2) is 0 Å². The van der Waals surface area contributed by atoms with Crippen molar-refractivity contribution in [1.29, 1.82) is 0 Å². The van der Waals surface area contributed by atoms with Gasteiger partial charge in [-0.3, -0.25) is 0 Å². The molecule has 8 aliphatic rings. The molecule has 0 amide bonds. The van der Waals surface area contributed by atoms with Crippen molar-refractivity contribution >= 4 is 21.5 Å². The summed E-state index contributed by atoms with van der Waals surface area (Å²) in [6, 6.07) is 99.2. The van der Waals surface area contributed by atoms with Crippen molar-refractivity contribution in [1.82, 2.24) is 39.2 Å². The zero-order valence-corrected chi connectivity index (χ0v) is 85.8. The first kappa shape index (κ1) is 101. The molecule has 0 unspecified atom stereocenters. The van der Waals surface area contributed by atoms with Crippen LogP contribution >= 0.6 is 0 Å². The zero-order chi connectivity index (χ0) is 95.3. The van der Waals surface area contributed by atoms with E-state index >= 15 is 0 Å². The molecule has 0 N–H and O–H groups in total. The Kier molecular flexibility index (Phi) is 34.0. The van der Waals surface area contributed by atoms with E-state index in [-0.39, 0.29) is 21.7 Å². The molecule has 0 saturated carbocycles. The molecule has 0 heterocycles. The SMILES string of the molecule is CC.CC1(C)c2ccc3c(c2-c2c1ccc1c2-c2ccccc2C1)Cc1ccccc1-3.CC1(C)c2ccc3c(c2-c2c1ccc1c2-c2ccccc2C1)Cc1ccccc1-3.CC1(C)c2ccccc2-c2c1ccc1ccccc21.CC1(C)c2ccccc2-c2c1ccc1ccccc21.CN(C)C.CN(C)C.CN(C)C.CN(C)C.CN(C)C.CN(C)C.CN(C)C.CN(C)C. The van der Waals surface area contributed by atoms with Crippen LogP contribution in [-0.4, -0.2) is 208 Å². The van der Waals surface area contributed by atoms with Crippen LogP contribution in [0.1, 0.15) is 158 Å². The van der Waals surface area contributed by atoms with Gasteiger partial charge in [0.1, 0.15) is 0 Å². The third kappa shape index (κ3) is 22.2. The number of hydrogen-bond acceptors (Lipinski definition) is 8. The minimum absolute atomic E-state index is 0.0427. The van der Waals surface area contributed by atoms with Crippen LogP contribution in [0.4, 0.5) is 0 Å². The predicted octanol–water partition coefficient (Wildman–Crippen LogP) is 27.0. The molecule has 0 aliphatic heterocycles. The Morgan fingerprint density at radius 1 is 0.162 bits per heavy atom. The first-order chi connectivity index (χ1) is 61.5. The number of rotatable bonds is 0. The second kappa shape index (κ2) is 43.5. The maximum Gasteiger partial charge on any atom is 0.0159 e. The number of hydrogen-bond donors (Lipinski definition) is 0. The van der Waals surface area contributed by atoms with Gasteiger partial charge >= 0.3 is 0 Å². The van der Waals surface area contributed by atoms with E-state index in [0.717, 1.165) is 25.7 Å². The summed E-state index contributed by atoms with van der Waals surface area (Å²) in [5, 5.41) is 5.40. The average Bonchev–Trinajstić information content (AvgIpc) is 1.54. The Hall–Kier alpha value is -10.7. The van der Waals surface area contributed by atoms with Crippen LogP contribution in [0, 0.1) is 0 Å². The van der Waals surface area contributed by atoms with Crippen LogP contribution in [0.2, 0.25) is 0 Å². The van der Waals surface area contributed by atoms with E-state index in [2.05, 4.69) is 322 Å². The smallest absolute Gasteiger partial charge is 0.0159 e. The van der Waals surface area contributed by atoms with Crippen LogP contribution in [-0.2, 0) is 47.3 Å². The fourth-order valence-corrected chi connectivity index (χ4v) is 19.3. The van der Waals surface area contributed by atoms with E-state index in [1.54, 1.807) is 0 Å². The van der Waals surface area contributed by atoms with E-state index in [0.29, 0.717) is 0 Å². The third-order valence-electron chi connectivity index (χ3n) is 24.0. The van der Waals surface area contributed by atoms with Gasteiger partial charge in [0.2, 0.25) is 0 Å². The van der Waals surface area contributed by atoms with Gasteiger partial charge in [-0.05, 0) is 394 Å². The molecule has 14 aromatic rings. The van der Waals surface area contributed by atoms with Crippen molar-refractivity contribution in [2.75, 3.05) is 169 Å². The molecule has 682 valence electrons. The van der Waals surface area contributed by atoms with Gasteiger partial charge in [-0.15, -0.1) is 0 Å². The Bertz CT molecular complexity index is 5770. The van der Waals surface area contributed by atoms with Gasteiger partial charge in [-0.25, -0.2) is 0 Å². The van der Waals surface area contributed by atoms with Crippen LogP contribution in [0.15, 0.2) is 267 Å². The maximum atomic E-state index is 2.41. The lowest BCUT2D eigenvalue weighted by atomic mass is 9.81. The molecule has 8 nitrogen and oxygen atoms in total. The second-order valence-electron chi connectivity index (χ2n) is 41.2. The van der Waals surface area contributed by atoms with E-state index in [9.17, 15) is 0 Å². The van der Waals surface area contributed by atoms with Crippen molar-refractivity contribution in [3.8, 4) is 89.0 Å². The van der Waals surface area contributed by atoms with Gasteiger partial charge in [-0.2, -0.15) is 0 Å². The molecule has 0 spiro atoms. The first-order valence-corrected chi connectivity index (χ1v) is 46.6. The Morgan fingerprint density at radius 2 is 0.377 bits per heavy atom. The summed E-state index contributed by atoms with van der Waals surface area (Å²) in [5.41, 5.74) is 47.3. The molecule has 0 saturated heterocycles. The molecule has 0 aromatic heterocycles. The summed E-state index contributed by atoms with van der Waals surface area (Å²) in [6.45, 7) is 22.9. The minimum atomic E-state index is 0.0427. The zero-order valence-electron chi connectivity index (χ0n) is 85.8. The highest BCUT2D eigenvalue weighted by atomic mass is 15.0. The van der Waals surface area contributed by atoms with Crippen molar-refractivity contribution < 1.29 is 0 Å². The minimum Gasteiger partial charge on any atom is -0.312 e. The Balaban J connectivity index is 0.000000163. The monoisotopic (exact) mass is 1730 g/mol. The second-order valence-corrected chi connectivity index (χ2v) is 41.2. The van der Waals surface area contributed by atoms with Crippen LogP contribution in [0.25, 0.3) is 111 Å². The molecule has 8 heteroatoms. The van der Waals surface area contributed by atoms with Gasteiger partial charge in [-0.1, -0.05) is 336 Å². The summed E-state index contributed by atoms with van der Waals surface area (Å²) in [7, 11) is 48.0. The number of fused-ring (bicyclic) bond motifs is 32. The normalized spacial score (nSPS) is 13.8. The van der Waals surface area contributed by atoms with Crippen molar-refractivity contribution in [2.45, 2.75) is 117 Å². The highest BCUT2D eigenvalue weighted by Crippen LogP contribution is 2.62. The molecule has 0 radical (unpaired) electrons.